The molecule has 0 saturated heterocycles. The minimum atomic E-state index is 0.686. The molecule has 11 aromatic rings. The van der Waals surface area contributed by atoms with Gasteiger partial charge in [-0.05, 0) is 74.5 Å². The first-order chi connectivity index (χ1) is 28.3. The van der Waals surface area contributed by atoms with E-state index >= 15 is 0 Å². The van der Waals surface area contributed by atoms with E-state index in [1.54, 1.807) is 0 Å². The van der Waals surface area contributed by atoms with Crippen molar-refractivity contribution in [2.75, 3.05) is 0 Å². The number of nitrogens with zero attached hydrogens (tertiary/aromatic N) is 4. The monoisotopic (exact) mass is 726 g/mol. The summed E-state index contributed by atoms with van der Waals surface area (Å²) in [6.45, 7) is 0. The fourth-order valence-electron chi connectivity index (χ4n) is 8.31. The van der Waals surface area contributed by atoms with Gasteiger partial charge < -0.3 is 0 Å². The molecule has 11 rings (SSSR count). The number of rotatable bonds is 6. The molecule has 0 aliphatic carbocycles. The molecule has 266 valence electrons. The molecule has 0 aliphatic rings. The molecule has 57 heavy (non-hydrogen) atoms. The van der Waals surface area contributed by atoms with Gasteiger partial charge in [-0.1, -0.05) is 170 Å². The standard InChI is InChI=1S/C53H34N4/c1-5-17-35(18-6-1)45-31-39-29-30-40(33-46(39)52-50(45)51(36-19-7-2-8-20-36)56-57(52)41-24-11-4-12-25-41)48-34-49(55-53(54-48)37-21-9-3-10-22-37)47-32-38-23-13-14-26-42(38)43-27-15-16-28-44(43)47/h1-34H. The normalized spacial score (nSPS) is 11.5. The topological polar surface area (TPSA) is 43.6 Å². The lowest BCUT2D eigenvalue weighted by Crippen LogP contribution is -1.98. The summed E-state index contributed by atoms with van der Waals surface area (Å²) in [7, 11) is 0. The zero-order chi connectivity index (χ0) is 37.7. The molecule has 9 aromatic carbocycles. The van der Waals surface area contributed by atoms with Crippen LogP contribution in [0.15, 0.2) is 206 Å². The zero-order valence-corrected chi connectivity index (χ0v) is 30.9. The van der Waals surface area contributed by atoms with Gasteiger partial charge >= 0.3 is 0 Å². The van der Waals surface area contributed by atoms with Gasteiger partial charge in [0.05, 0.1) is 22.6 Å². The van der Waals surface area contributed by atoms with Gasteiger partial charge in [-0.15, -0.1) is 0 Å². The van der Waals surface area contributed by atoms with E-state index in [-0.39, 0.29) is 0 Å². The van der Waals surface area contributed by atoms with E-state index in [9.17, 15) is 0 Å². The maximum atomic E-state index is 5.42. The van der Waals surface area contributed by atoms with Gasteiger partial charge in [-0.2, -0.15) is 5.10 Å². The molecule has 0 bridgehead atoms. The third-order valence-corrected chi connectivity index (χ3v) is 11.0. The first-order valence-corrected chi connectivity index (χ1v) is 19.3. The van der Waals surface area contributed by atoms with E-state index in [4.69, 9.17) is 15.1 Å². The van der Waals surface area contributed by atoms with Crippen LogP contribution < -0.4 is 0 Å². The summed E-state index contributed by atoms with van der Waals surface area (Å²) in [4.78, 5) is 10.6. The van der Waals surface area contributed by atoms with Gasteiger partial charge in [0, 0.05) is 33.0 Å². The van der Waals surface area contributed by atoms with Crippen molar-refractivity contribution in [2.45, 2.75) is 0 Å². The van der Waals surface area contributed by atoms with Crippen molar-refractivity contribution < 1.29 is 0 Å². The Hall–Kier alpha value is -7.69. The van der Waals surface area contributed by atoms with Crippen molar-refractivity contribution in [3.05, 3.63) is 206 Å². The van der Waals surface area contributed by atoms with E-state index < -0.39 is 0 Å². The van der Waals surface area contributed by atoms with E-state index in [1.807, 2.05) is 18.2 Å². The number of benzene rings is 9. The van der Waals surface area contributed by atoms with Gasteiger partial charge in [0.2, 0.25) is 0 Å². The molecule has 0 unspecified atom stereocenters. The fraction of sp³-hybridized carbons (Fsp3) is 0. The van der Waals surface area contributed by atoms with Crippen LogP contribution in [0.3, 0.4) is 0 Å². The third kappa shape index (κ3) is 5.66. The highest BCUT2D eigenvalue weighted by atomic mass is 15.3. The van der Waals surface area contributed by atoms with Crippen LogP contribution in [0.2, 0.25) is 0 Å². The number of para-hydroxylation sites is 1. The van der Waals surface area contributed by atoms with Gasteiger partial charge in [0.1, 0.15) is 5.69 Å². The minimum Gasteiger partial charge on any atom is -0.232 e. The molecule has 4 heteroatoms. The summed E-state index contributed by atoms with van der Waals surface area (Å²) in [5.74, 6) is 0.686. The number of hydrogen-bond acceptors (Lipinski definition) is 3. The maximum absolute atomic E-state index is 5.42. The average Bonchev–Trinajstić information content (AvgIpc) is 3.71. The minimum absolute atomic E-state index is 0.686. The maximum Gasteiger partial charge on any atom is 0.160 e. The molecule has 0 atom stereocenters. The molecule has 0 fully saturated rings. The van der Waals surface area contributed by atoms with Crippen LogP contribution >= 0.6 is 0 Å². The molecular weight excluding hydrogens is 693 g/mol. The molecule has 2 aromatic heterocycles. The number of hydrogen-bond donors (Lipinski definition) is 0. The summed E-state index contributed by atoms with van der Waals surface area (Å²) in [6.07, 6.45) is 0. The second-order valence-electron chi connectivity index (χ2n) is 14.4. The van der Waals surface area contributed by atoms with Crippen LogP contribution in [0.4, 0.5) is 0 Å². The van der Waals surface area contributed by atoms with E-state index in [1.165, 1.54) is 16.2 Å². The number of fused-ring (bicyclic) bond motifs is 6. The van der Waals surface area contributed by atoms with Crippen molar-refractivity contribution in [1.29, 1.82) is 0 Å². The Kier molecular flexibility index (Phi) is 7.78. The lowest BCUT2D eigenvalue weighted by atomic mass is 9.92. The molecule has 4 nitrogen and oxygen atoms in total. The van der Waals surface area contributed by atoms with Gasteiger partial charge in [0.25, 0.3) is 0 Å². The highest BCUT2D eigenvalue weighted by Gasteiger charge is 2.22. The summed E-state index contributed by atoms with van der Waals surface area (Å²) in [5, 5.41) is 13.5. The van der Waals surface area contributed by atoms with Crippen LogP contribution in [-0.2, 0) is 0 Å². The van der Waals surface area contributed by atoms with E-state index in [0.29, 0.717) is 5.82 Å². The van der Waals surface area contributed by atoms with Crippen molar-refractivity contribution in [1.82, 2.24) is 19.7 Å². The van der Waals surface area contributed by atoms with Crippen LogP contribution in [0, 0.1) is 0 Å². The van der Waals surface area contributed by atoms with Crippen molar-refractivity contribution >= 4 is 43.2 Å². The summed E-state index contributed by atoms with van der Waals surface area (Å²) >= 11 is 0. The molecule has 2 heterocycles. The quantitative estimate of drug-likeness (QED) is 0.160. The van der Waals surface area contributed by atoms with Crippen LogP contribution in [0.1, 0.15) is 0 Å². The Morgan fingerprint density at radius 1 is 0.351 bits per heavy atom. The predicted octanol–water partition coefficient (Wildman–Crippen LogP) is 13.6. The Morgan fingerprint density at radius 2 is 0.912 bits per heavy atom. The van der Waals surface area contributed by atoms with E-state index in [2.05, 4.69) is 193 Å². The first kappa shape index (κ1) is 32.7. The molecule has 0 N–H and O–H groups in total. The van der Waals surface area contributed by atoms with Gasteiger partial charge in [-0.25, -0.2) is 14.6 Å². The van der Waals surface area contributed by atoms with Crippen molar-refractivity contribution in [3.63, 3.8) is 0 Å². The fourth-order valence-corrected chi connectivity index (χ4v) is 8.31. The second kappa shape index (κ2) is 13.6. The molecule has 0 amide bonds. The summed E-state index contributed by atoms with van der Waals surface area (Å²) in [5.41, 5.74) is 11.1. The molecule has 0 aliphatic heterocycles. The van der Waals surface area contributed by atoms with Crippen molar-refractivity contribution in [2.24, 2.45) is 0 Å². The van der Waals surface area contributed by atoms with Crippen LogP contribution in [-0.4, -0.2) is 19.7 Å². The summed E-state index contributed by atoms with van der Waals surface area (Å²) < 4.78 is 2.12. The molecule has 0 radical (unpaired) electrons. The predicted molar refractivity (Wildman–Crippen MR) is 236 cm³/mol. The highest BCUT2D eigenvalue weighted by Crippen LogP contribution is 2.43. The lowest BCUT2D eigenvalue weighted by molar-refractivity contribution is 0.918. The van der Waals surface area contributed by atoms with Gasteiger partial charge in [0.15, 0.2) is 5.82 Å². The SMILES string of the molecule is c1ccc(-c2nc(-c3ccc4cc(-c5ccccc5)c5c(-c6ccccc6)nn(-c6ccccc6)c5c4c3)cc(-c3cc4ccccc4c4ccccc34)n2)cc1. The van der Waals surface area contributed by atoms with Gasteiger partial charge in [-0.3, -0.25) is 0 Å². The van der Waals surface area contributed by atoms with Crippen LogP contribution in [0.25, 0.3) is 105 Å². The lowest BCUT2D eigenvalue weighted by Gasteiger charge is -2.14. The first-order valence-electron chi connectivity index (χ1n) is 19.3. The smallest absolute Gasteiger partial charge is 0.160 e. The Bertz CT molecular complexity index is 3260. The Labute approximate surface area is 330 Å². The summed E-state index contributed by atoms with van der Waals surface area (Å²) in [6, 6.07) is 72.6. The second-order valence-corrected chi connectivity index (χ2v) is 14.4. The molecule has 0 saturated carbocycles. The Morgan fingerprint density at radius 3 is 1.65 bits per heavy atom. The van der Waals surface area contributed by atoms with Crippen molar-refractivity contribution in [3.8, 4) is 62.0 Å². The largest absolute Gasteiger partial charge is 0.232 e. The zero-order valence-electron chi connectivity index (χ0n) is 30.9. The third-order valence-electron chi connectivity index (χ3n) is 11.0. The molecule has 0 spiro atoms. The molecular formula is C53H34N4. The Balaban J connectivity index is 1.21. The van der Waals surface area contributed by atoms with E-state index in [0.717, 1.165) is 83.2 Å². The average molecular weight is 727 g/mol. The highest BCUT2D eigenvalue weighted by molar-refractivity contribution is 6.18. The number of aromatic nitrogens is 4. The van der Waals surface area contributed by atoms with Crippen LogP contribution in [0.5, 0.6) is 0 Å².